The van der Waals surface area contributed by atoms with E-state index in [-0.39, 0.29) is 11.3 Å². The van der Waals surface area contributed by atoms with Gasteiger partial charge in [-0.25, -0.2) is 0 Å². The second-order valence-electron chi connectivity index (χ2n) is 4.00. The summed E-state index contributed by atoms with van der Waals surface area (Å²) in [5, 5.41) is 0. The minimum absolute atomic E-state index is 0.0516. The van der Waals surface area contributed by atoms with Crippen LogP contribution < -0.4 is 0 Å². The fourth-order valence-electron chi connectivity index (χ4n) is 1.66. The zero-order valence-corrected chi connectivity index (χ0v) is 10.3. The third-order valence-corrected chi connectivity index (χ3v) is 2.60. The molecular formula is C15H10F3NO. The van der Waals surface area contributed by atoms with Gasteiger partial charge in [0.05, 0.1) is 5.56 Å². The fraction of sp³-hybridized carbons (Fsp3) is 0.0667. The van der Waals surface area contributed by atoms with E-state index in [0.29, 0.717) is 0 Å². The number of alkyl halides is 3. The Morgan fingerprint density at radius 1 is 1.05 bits per heavy atom. The number of allylic oxidation sites excluding steroid dienone is 1. The van der Waals surface area contributed by atoms with Gasteiger partial charge >= 0.3 is 6.18 Å². The number of hydrogen-bond donors (Lipinski definition) is 0. The Labute approximate surface area is 113 Å². The molecule has 0 radical (unpaired) electrons. The van der Waals surface area contributed by atoms with E-state index in [9.17, 15) is 18.0 Å². The van der Waals surface area contributed by atoms with Crippen LogP contribution in [0.2, 0.25) is 0 Å². The summed E-state index contributed by atoms with van der Waals surface area (Å²) in [6, 6.07) is 9.87. The van der Waals surface area contributed by atoms with Gasteiger partial charge in [0, 0.05) is 6.20 Å². The van der Waals surface area contributed by atoms with E-state index in [1.54, 1.807) is 12.1 Å². The molecule has 0 spiro atoms. The molecule has 2 rings (SSSR count). The molecule has 0 aliphatic carbocycles. The van der Waals surface area contributed by atoms with Gasteiger partial charge in [0.2, 0.25) is 5.78 Å². The average Bonchev–Trinajstić information content (AvgIpc) is 2.45. The third-order valence-electron chi connectivity index (χ3n) is 2.60. The van der Waals surface area contributed by atoms with Gasteiger partial charge in [0.25, 0.3) is 0 Å². The van der Waals surface area contributed by atoms with Crippen molar-refractivity contribution in [2.45, 2.75) is 6.18 Å². The second kappa shape index (κ2) is 5.69. The molecule has 0 saturated heterocycles. The standard InChI is InChI=1S/C15H10F3NO/c16-15(17,18)12-6-2-1-5-11(12)8-9-14(20)13-7-3-4-10-19-13/h1-10H. The van der Waals surface area contributed by atoms with Crippen molar-refractivity contribution in [1.29, 1.82) is 0 Å². The summed E-state index contributed by atoms with van der Waals surface area (Å²) < 4.78 is 38.3. The lowest BCUT2D eigenvalue weighted by molar-refractivity contribution is -0.137. The Bertz CT molecular complexity index is 633. The minimum Gasteiger partial charge on any atom is -0.288 e. The van der Waals surface area contributed by atoms with Gasteiger partial charge in [-0.2, -0.15) is 13.2 Å². The normalized spacial score (nSPS) is 11.8. The van der Waals surface area contributed by atoms with Crippen LogP contribution in [0.25, 0.3) is 6.08 Å². The van der Waals surface area contributed by atoms with E-state index < -0.39 is 17.5 Å². The van der Waals surface area contributed by atoms with Crippen LogP contribution in [0.4, 0.5) is 13.2 Å². The number of halogens is 3. The van der Waals surface area contributed by atoms with E-state index in [4.69, 9.17) is 0 Å². The molecule has 0 bridgehead atoms. The van der Waals surface area contributed by atoms with Crippen LogP contribution in [0.3, 0.4) is 0 Å². The predicted octanol–water partition coefficient (Wildman–Crippen LogP) is 4.00. The second-order valence-corrected chi connectivity index (χ2v) is 4.00. The van der Waals surface area contributed by atoms with Gasteiger partial charge < -0.3 is 0 Å². The quantitative estimate of drug-likeness (QED) is 0.627. The summed E-state index contributed by atoms with van der Waals surface area (Å²) in [5.41, 5.74) is -0.636. The third kappa shape index (κ3) is 3.32. The molecule has 20 heavy (non-hydrogen) atoms. The Balaban J connectivity index is 2.27. The van der Waals surface area contributed by atoms with Crippen LogP contribution in [-0.4, -0.2) is 10.8 Å². The van der Waals surface area contributed by atoms with Crippen molar-refractivity contribution in [3.8, 4) is 0 Å². The lowest BCUT2D eigenvalue weighted by Crippen LogP contribution is -2.07. The molecule has 1 aromatic carbocycles. The van der Waals surface area contributed by atoms with Crippen LogP contribution in [-0.2, 0) is 6.18 Å². The first kappa shape index (κ1) is 14.0. The fourth-order valence-corrected chi connectivity index (χ4v) is 1.66. The van der Waals surface area contributed by atoms with Crippen LogP contribution in [0.15, 0.2) is 54.7 Å². The topological polar surface area (TPSA) is 30.0 Å². The van der Waals surface area contributed by atoms with E-state index in [1.165, 1.54) is 30.5 Å². The van der Waals surface area contributed by atoms with Crippen molar-refractivity contribution in [1.82, 2.24) is 4.98 Å². The SMILES string of the molecule is O=C(C=Cc1ccccc1C(F)(F)F)c1ccccn1. The maximum Gasteiger partial charge on any atom is 0.416 e. The number of nitrogens with zero attached hydrogens (tertiary/aromatic N) is 1. The zero-order chi connectivity index (χ0) is 14.6. The van der Waals surface area contributed by atoms with E-state index in [2.05, 4.69) is 4.98 Å². The monoisotopic (exact) mass is 277 g/mol. The van der Waals surface area contributed by atoms with Crippen molar-refractivity contribution in [2.24, 2.45) is 0 Å². The lowest BCUT2D eigenvalue weighted by Gasteiger charge is -2.09. The minimum atomic E-state index is -4.45. The van der Waals surface area contributed by atoms with Crippen molar-refractivity contribution < 1.29 is 18.0 Å². The van der Waals surface area contributed by atoms with E-state index in [0.717, 1.165) is 18.2 Å². The highest BCUT2D eigenvalue weighted by Gasteiger charge is 2.32. The van der Waals surface area contributed by atoms with Crippen LogP contribution in [0.5, 0.6) is 0 Å². The summed E-state index contributed by atoms with van der Waals surface area (Å²) in [6.45, 7) is 0. The number of hydrogen-bond acceptors (Lipinski definition) is 2. The highest BCUT2D eigenvalue weighted by molar-refractivity contribution is 6.05. The first-order valence-corrected chi connectivity index (χ1v) is 5.78. The Kier molecular flexibility index (Phi) is 3.98. The summed E-state index contributed by atoms with van der Waals surface area (Å²) in [7, 11) is 0. The highest BCUT2D eigenvalue weighted by atomic mass is 19.4. The van der Waals surface area contributed by atoms with Crippen LogP contribution in [0, 0.1) is 0 Å². The summed E-state index contributed by atoms with van der Waals surface area (Å²) in [6.07, 6.45) is -0.757. The van der Waals surface area contributed by atoms with Crippen molar-refractivity contribution >= 4 is 11.9 Å². The van der Waals surface area contributed by atoms with Gasteiger partial charge in [-0.1, -0.05) is 30.3 Å². The molecule has 102 valence electrons. The number of carbonyl (C=O) groups is 1. The summed E-state index contributed by atoms with van der Waals surface area (Å²) >= 11 is 0. The molecule has 0 fully saturated rings. The molecule has 2 nitrogen and oxygen atoms in total. The molecule has 0 amide bonds. The lowest BCUT2D eigenvalue weighted by atomic mass is 10.1. The maximum absolute atomic E-state index is 12.8. The van der Waals surface area contributed by atoms with Gasteiger partial charge in [-0.3, -0.25) is 9.78 Å². The molecule has 0 aliphatic rings. The molecule has 0 unspecified atom stereocenters. The Morgan fingerprint density at radius 3 is 2.40 bits per heavy atom. The molecule has 0 saturated carbocycles. The molecular weight excluding hydrogens is 267 g/mol. The Morgan fingerprint density at radius 2 is 1.75 bits per heavy atom. The van der Waals surface area contributed by atoms with Crippen molar-refractivity contribution in [2.75, 3.05) is 0 Å². The number of carbonyl (C=O) groups excluding carboxylic acids is 1. The van der Waals surface area contributed by atoms with Crippen LogP contribution in [0.1, 0.15) is 21.6 Å². The van der Waals surface area contributed by atoms with E-state index >= 15 is 0 Å². The highest BCUT2D eigenvalue weighted by Crippen LogP contribution is 2.32. The molecule has 1 aromatic heterocycles. The van der Waals surface area contributed by atoms with Crippen molar-refractivity contribution in [3.63, 3.8) is 0 Å². The molecule has 0 N–H and O–H groups in total. The number of aromatic nitrogens is 1. The first-order valence-electron chi connectivity index (χ1n) is 5.78. The summed E-state index contributed by atoms with van der Waals surface area (Å²) in [4.78, 5) is 15.6. The van der Waals surface area contributed by atoms with Gasteiger partial charge in [-0.15, -0.1) is 0 Å². The number of rotatable bonds is 3. The average molecular weight is 277 g/mol. The first-order chi connectivity index (χ1) is 9.48. The smallest absolute Gasteiger partial charge is 0.288 e. The van der Waals surface area contributed by atoms with Crippen molar-refractivity contribution in [3.05, 3.63) is 71.6 Å². The molecule has 1 heterocycles. The van der Waals surface area contributed by atoms with Gasteiger partial charge in [-0.05, 0) is 29.8 Å². The zero-order valence-electron chi connectivity index (χ0n) is 10.3. The largest absolute Gasteiger partial charge is 0.416 e. The summed E-state index contributed by atoms with van der Waals surface area (Å²) in [5.74, 6) is -0.442. The number of ketones is 1. The Hall–Kier alpha value is -2.43. The van der Waals surface area contributed by atoms with Gasteiger partial charge in [0.15, 0.2) is 0 Å². The van der Waals surface area contributed by atoms with Crippen LogP contribution >= 0.6 is 0 Å². The molecule has 5 heteroatoms. The molecule has 0 aliphatic heterocycles. The van der Waals surface area contributed by atoms with E-state index in [1.807, 2.05) is 0 Å². The van der Waals surface area contributed by atoms with Gasteiger partial charge in [0.1, 0.15) is 5.69 Å². The molecule has 2 aromatic rings. The predicted molar refractivity (Wildman–Crippen MR) is 69.0 cm³/mol. The number of benzene rings is 1. The number of pyridine rings is 1. The maximum atomic E-state index is 12.8. The molecule has 0 atom stereocenters.